The summed E-state index contributed by atoms with van der Waals surface area (Å²) in [5.41, 5.74) is -1.15. The van der Waals surface area contributed by atoms with Gasteiger partial charge in [-0.15, -0.1) is 0 Å². The van der Waals surface area contributed by atoms with E-state index in [0.717, 1.165) is 6.20 Å². The van der Waals surface area contributed by atoms with Crippen molar-refractivity contribution < 1.29 is 32.9 Å². The second-order valence-electron chi connectivity index (χ2n) is 5.77. The van der Waals surface area contributed by atoms with Gasteiger partial charge in [0.15, 0.2) is 5.69 Å². The van der Waals surface area contributed by atoms with Crippen LogP contribution in [0.1, 0.15) is 19.5 Å². The summed E-state index contributed by atoms with van der Waals surface area (Å²) < 4.78 is 48.7. The van der Waals surface area contributed by atoms with Crippen LogP contribution in [0.3, 0.4) is 0 Å². The molecule has 1 aromatic heterocycles. The molecule has 0 bridgehead atoms. The molecule has 2 rings (SSSR count). The van der Waals surface area contributed by atoms with Crippen molar-refractivity contribution in [2.45, 2.75) is 50.5 Å². The first-order valence-electron chi connectivity index (χ1n) is 7.43. The summed E-state index contributed by atoms with van der Waals surface area (Å²) in [6.07, 6.45) is -6.19. The van der Waals surface area contributed by atoms with Crippen LogP contribution >= 0.6 is 0 Å². The predicted octanol–water partition coefficient (Wildman–Crippen LogP) is 0.822. The van der Waals surface area contributed by atoms with Crippen LogP contribution in [-0.2, 0) is 15.7 Å². The lowest BCUT2D eigenvalue weighted by Gasteiger charge is -2.38. The maximum Gasteiger partial charge on any atom is 0.434 e. The van der Waals surface area contributed by atoms with E-state index in [1.807, 2.05) is 13.8 Å². The van der Waals surface area contributed by atoms with Gasteiger partial charge in [0.05, 0.1) is 37.8 Å². The largest absolute Gasteiger partial charge is 0.434 e. The lowest BCUT2D eigenvalue weighted by atomic mass is 9.98. The lowest BCUT2D eigenvalue weighted by molar-refractivity contribution is -0.163. The second kappa shape index (κ2) is 7.60. The molecular weight excluding hydrogens is 331 g/mol. The van der Waals surface area contributed by atoms with Crippen molar-refractivity contribution in [3.05, 3.63) is 18.1 Å². The van der Waals surface area contributed by atoms with Crippen LogP contribution in [0.15, 0.2) is 12.4 Å². The van der Waals surface area contributed by atoms with E-state index in [9.17, 15) is 23.4 Å². The van der Waals surface area contributed by atoms with E-state index < -0.39 is 36.2 Å². The lowest BCUT2D eigenvalue weighted by Crippen LogP contribution is -2.57. The van der Waals surface area contributed by atoms with E-state index in [1.54, 1.807) is 0 Å². The Morgan fingerprint density at radius 1 is 1.33 bits per heavy atom. The quantitative estimate of drug-likeness (QED) is 0.723. The summed E-state index contributed by atoms with van der Waals surface area (Å²) in [7, 11) is 0. The summed E-state index contributed by atoms with van der Waals surface area (Å²) in [5, 5.41) is 22.8. The molecule has 136 valence electrons. The fraction of sp³-hybridized carbons (Fsp3) is 0.714. The van der Waals surface area contributed by atoms with Gasteiger partial charge < -0.3 is 25.0 Å². The zero-order valence-electron chi connectivity index (χ0n) is 13.2. The van der Waals surface area contributed by atoms with Crippen LogP contribution in [0.4, 0.5) is 19.0 Å². The first-order valence-corrected chi connectivity index (χ1v) is 7.43. The van der Waals surface area contributed by atoms with Crippen molar-refractivity contribution in [1.29, 1.82) is 0 Å². The Hall–Kier alpha value is -1.49. The highest BCUT2D eigenvalue weighted by atomic mass is 19.4. The molecule has 0 aromatic carbocycles. The van der Waals surface area contributed by atoms with Crippen LogP contribution in [0, 0.1) is 0 Å². The highest BCUT2D eigenvalue weighted by molar-refractivity contribution is 5.34. The molecule has 0 spiro atoms. The monoisotopic (exact) mass is 351 g/mol. The molecule has 1 aromatic rings. The van der Waals surface area contributed by atoms with Crippen molar-refractivity contribution in [1.82, 2.24) is 9.97 Å². The van der Waals surface area contributed by atoms with Gasteiger partial charge in [0.25, 0.3) is 0 Å². The number of hydrogen-bond acceptors (Lipinski definition) is 7. The smallest absolute Gasteiger partial charge is 0.388 e. The Morgan fingerprint density at radius 2 is 2.04 bits per heavy atom. The number of alkyl halides is 3. The highest BCUT2D eigenvalue weighted by Gasteiger charge is 2.39. The minimum Gasteiger partial charge on any atom is -0.388 e. The molecular formula is C14H20F3N3O4. The minimum atomic E-state index is -4.62. The number of aromatic nitrogens is 2. The zero-order valence-corrected chi connectivity index (χ0v) is 13.2. The fourth-order valence-electron chi connectivity index (χ4n) is 2.21. The average Bonchev–Trinajstić information content (AvgIpc) is 2.50. The van der Waals surface area contributed by atoms with Gasteiger partial charge in [-0.3, -0.25) is 4.98 Å². The van der Waals surface area contributed by atoms with Crippen molar-refractivity contribution in [3.8, 4) is 0 Å². The first-order chi connectivity index (χ1) is 11.2. The van der Waals surface area contributed by atoms with Crippen molar-refractivity contribution in [2.24, 2.45) is 0 Å². The summed E-state index contributed by atoms with van der Waals surface area (Å²) in [6, 6.07) is -0.826. The van der Waals surface area contributed by atoms with E-state index in [-0.39, 0.29) is 25.1 Å². The molecule has 0 amide bonds. The van der Waals surface area contributed by atoms with E-state index in [2.05, 4.69) is 15.3 Å². The molecule has 24 heavy (non-hydrogen) atoms. The van der Waals surface area contributed by atoms with E-state index in [1.165, 1.54) is 0 Å². The zero-order chi connectivity index (χ0) is 17.9. The number of halogens is 3. The van der Waals surface area contributed by atoms with Gasteiger partial charge in [0, 0.05) is 0 Å². The third-order valence-electron chi connectivity index (χ3n) is 3.49. The van der Waals surface area contributed by atoms with Crippen LogP contribution in [0.25, 0.3) is 0 Å². The highest BCUT2D eigenvalue weighted by Crippen LogP contribution is 2.28. The molecule has 2 heterocycles. The van der Waals surface area contributed by atoms with Crippen molar-refractivity contribution in [3.63, 3.8) is 0 Å². The molecule has 1 aliphatic heterocycles. The van der Waals surface area contributed by atoms with Gasteiger partial charge >= 0.3 is 6.18 Å². The topological polar surface area (TPSA) is 96.7 Å². The summed E-state index contributed by atoms with van der Waals surface area (Å²) in [6.45, 7) is 3.72. The van der Waals surface area contributed by atoms with Gasteiger partial charge in [0.1, 0.15) is 24.1 Å². The number of nitrogens with one attached hydrogen (secondary N) is 1. The molecule has 4 atom stereocenters. The molecule has 0 radical (unpaired) electrons. The third-order valence-corrected chi connectivity index (χ3v) is 3.49. The number of anilines is 1. The second-order valence-corrected chi connectivity index (χ2v) is 5.77. The maximum atomic E-state index is 12.6. The SMILES string of the molecule is CC(C)OC[C@H]1OC[C@H](Nc2cncc(C(F)(F)F)n2)[C@@H](O)[C@H]1O. The fourth-order valence-corrected chi connectivity index (χ4v) is 2.21. The maximum absolute atomic E-state index is 12.6. The van der Waals surface area contributed by atoms with Gasteiger partial charge in [-0.25, -0.2) is 4.98 Å². The van der Waals surface area contributed by atoms with Crippen LogP contribution in [0.5, 0.6) is 0 Å². The molecule has 1 aliphatic rings. The summed E-state index contributed by atoms with van der Waals surface area (Å²) in [5.74, 6) is -0.165. The van der Waals surface area contributed by atoms with Crippen LogP contribution in [-0.4, -0.2) is 63.9 Å². The third kappa shape index (κ3) is 4.76. The average molecular weight is 351 g/mol. The summed E-state index contributed by atoms with van der Waals surface area (Å²) in [4.78, 5) is 6.88. The molecule has 3 N–H and O–H groups in total. The van der Waals surface area contributed by atoms with E-state index in [4.69, 9.17) is 9.47 Å². The molecule has 0 aliphatic carbocycles. The van der Waals surface area contributed by atoms with Gasteiger partial charge in [-0.1, -0.05) is 0 Å². The van der Waals surface area contributed by atoms with Crippen molar-refractivity contribution in [2.75, 3.05) is 18.5 Å². The van der Waals surface area contributed by atoms with Gasteiger partial charge in [-0.05, 0) is 13.8 Å². The molecule has 1 saturated heterocycles. The Bertz CT molecular complexity index is 544. The van der Waals surface area contributed by atoms with Crippen molar-refractivity contribution >= 4 is 5.82 Å². The molecule has 0 unspecified atom stereocenters. The number of rotatable bonds is 5. The number of aliphatic hydroxyl groups excluding tert-OH is 2. The van der Waals surface area contributed by atoms with Crippen LogP contribution in [0.2, 0.25) is 0 Å². The normalized spacial score (nSPS) is 28.2. The Labute approximate surface area is 136 Å². The number of nitrogens with zero attached hydrogens (tertiary/aromatic N) is 2. The minimum absolute atomic E-state index is 0.0255. The predicted molar refractivity (Wildman–Crippen MR) is 77.3 cm³/mol. The van der Waals surface area contributed by atoms with Crippen LogP contribution < -0.4 is 5.32 Å². The molecule has 0 saturated carbocycles. The van der Waals surface area contributed by atoms with E-state index in [0.29, 0.717) is 6.20 Å². The molecule has 7 nitrogen and oxygen atoms in total. The molecule has 10 heteroatoms. The first kappa shape index (κ1) is 18.8. The Kier molecular flexibility index (Phi) is 5.97. The number of aliphatic hydroxyl groups is 2. The molecule has 1 fully saturated rings. The Balaban J connectivity index is 1.99. The Morgan fingerprint density at radius 3 is 2.67 bits per heavy atom. The van der Waals surface area contributed by atoms with E-state index >= 15 is 0 Å². The van der Waals surface area contributed by atoms with Gasteiger partial charge in [-0.2, -0.15) is 13.2 Å². The summed E-state index contributed by atoms with van der Waals surface area (Å²) >= 11 is 0. The number of hydrogen-bond donors (Lipinski definition) is 3. The number of ether oxygens (including phenoxy) is 2. The standard InChI is InChI=1S/C14H20F3N3O4/c1-7(2)23-6-9-13(22)12(21)8(5-24-9)19-11-4-18-3-10(20-11)14(15,16)17/h3-4,7-9,12-13,21-22H,5-6H2,1-2H3,(H,19,20)/t8-,9+,12+,13-/m0/s1. The van der Waals surface area contributed by atoms with Gasteiger partial charge in [0.2, 0.25) is 0 Å².